The van der Waals surface area contributed by atoms with Crippen LogP contribution in [0.1, 0.15) is 43.7 Å². The van der Waals surface area contributed by atoms with Crippen molar-refractivity contribution >= 4 is 11.6 Å². The van der Waals surface area contributed by atoms with E-state index in [9.17, 15) is 4.79 Å². The second-order valence-corrected chi connectivity index (χ2v) is 7.41. The van der Waals surface area contributed by atoms with Gasteiger partial charge in [0, 0.05) is 31.7 Å². The van der Waals surface area contributed by atoms with E-state index in [0.717, 1.165) is 41.5 Å². The fourth-order valence-electron chi connectivity index (χ4n) is 3.75. The van der Waals surface area contributed by atoms with Crippen LogP contribution in [0.2, 0.25) is 0 Å². The molecule has 146 valence electrons. The number of benzene rings is 1. The smallest absolute Gasteiger partial charge is 0.230 e. The van der Waals surface area contributed by atoms with Gasteiger partial charge in [-0.3, -0.25) is 4.79 Å². The van der Waals surface area contributed by atoms with Crippen LogP contribution in [0.15, 0.2) is 28.8 Å². The van der Waals surface area contributed by atoms with E-state index >= 15 is 0 Å². The van der Waals surface area contributed by atoms with Crippen molar-refractivity contribution in [3.8, 4) is 5.75 Å². The number of piperazine rings is 1. The van der Waals surface area contributed by atoms with Gasteiger partial charge >= 0.3 is 0 Å². The molecule has 1 aromatic carbocycles. The van der Waals surface area contributed by atoms with Crippen LogP contribution in [0.5, 0.6) is 5.75 Å². The predicted octanol–water partition coefficient (Wildman–Crippen LogP) is 3.53. The Kier molecular flexibility index (Phi) is 5.73. The summed E-state index contributed by atoms with van der Waals surface area (Å²) in [6.45, 7) is 12.7. The maximum Gasteiger partial charge on any atom is 0.230 e. The topological polar surface area (TPSA) is 58.8 Å². The lowest BCUT2D eigenvalue weighted by Gasteiger charge is -2.37. The first kappa shape index (κ1) is 19.3. The Labute approximate surface area is 161 Å². The second-order valence-electron chi connectivity index (χ2n) is 7.41. The van der Waals surface area contributed by atoms with E-state index < -0.39 is 0 Å². The Morgan fingerprint density at radius 2 is 1.78 bits per heavy atom. The van der Waals surface area contributed by atoms with Gasteiger partial charge in [-0.15, -0.1) is 0 Å². The maximum atomic E-state index is 13.0. The van der Waals surface area contributed by atoms with Crippen molar-refractivity contribution in [2.75, 3.05) is 31.1 Å². The lowest BCUT2D eigenvalue weighted by atomic mass is 9.97. The third-order valence-corrected chi connectivity index (χ3v) is 5.05. The number of amides is 1. The van der Waals surface area contributed by atoms with Gasteiger partial charge in [0.1, 0.15) is 11.5 Å². The number of ether oxygens (including phenoxy) is 1. The highest BCUT2D eigenvalue weighted by atomic mass is 16.5. The van der Waals surface area contributed by atoms with Crippen LogP contribution in [0.25, 0.3) is 0 Å². The highest BCUT2D eigenvalue weighted by Crippen LogP contribution is 2.30. The summed E-state index contributed by atoms with van der Waals surface area (Å²) in [5.41, 5.74) is 2.81. The number of nitrogens with zero attached hydrogens (tertiary/aromatic N) is 3. The molecule has 1 aromatic heterocycles. The van der Waals surface area contributed by atoms with Gasteiger partial charge in [0.2, 0.25) is 5.91 Å². The largest absolute Gasteiger partial charge is 0.489 e. The van der Waals surface area contributed by atoms with Crippen LogP contribution in [0.4, 0.5) is 5.69 Å². The highest BCUT2D eigenvalue weighted by Gasteiger charge is 2.29. The van der Waals surface area contributed by atoms with Gasteiger partial charge in [-0.25, -0.2) is 0 Å². The molecule has 1 aliphatic rings. The Hall–Kier alpha value is -2.50. The Balaban J connectivity index is 1.66. The molecule has 1 atom stereocenters. The van der Waals surface area contributed by atoms with E-state index in [4.69, 9.17) is 9.26 Å². The van der Waals surface area contributed by atoms with Crippen molar-refractivity contribution in [3.63, 3.8) is 0 Å². The van der Waals surface area contributed by atoms with Crippen molar-refractivity contribution in [3.05, 3.63) is 41.3 Å². The number of carbonyl (C=O) groups is 1. The fraction of sp³-hybridized carbons (Fsp3) is 0.524. The number of hydrogen-bond donors (Lipinski definition) is 0. The van der Waals surface area contributed by atoms with E-state index in [2.05, 4.69) is 16.1 Å². The Morgan fingerprint density at radius 3 is 2.37 bits per heavy atom. The molecule has 6 nitrogen and oxygen atoms in total. The van der Waals surface area contributed by atoms with E-state index in [1.54, 1.807) is 0 Å². The zero-order valence-corrected chi connectivity index (χ0v) is 16.9. The van der Waals surface area contributed by atoms with Gasteiger partial charge in [-0.1, -0.05) is 17.3 Å². The first-order valence-corrected chi connectivity index (χ1v) is 9.60. The maximum absolute atomic E-state index is 13.0. The molecule has 0 spiro atoms. The molecule has 1 fully saturated rings. The van der Waals surface area contributed by atoms with Crippen molar-refractivity contribution in [2.45, 2.75) is 46.6 Å². The molecule has 1 saturated heterocycles. The summed E-state index contributed by atoms with van der Waals surface area (Å²) in [7, 11) is 0. The molecule has 1 amide bonds. The summed E-state index contributed by atoms with van der Waals surface area (Å²) in [6, 6.07) is 8.11. The zero-order valence-electron chi connectivity index (χ0n) is 16.9. The van der Waals surface area contributed by atoms with Crippen LogP contribution in [0, 0.1) is 13.8 Å². The molecule has 27 heavy (non-hydrogen) atoms. The summed E-state index contributed by atoms with van der Waals surface area (Å²) in [5.74, 6) is 1.53. The van der Waals surface area contributed by atoms with Gasteiger partial charge in [-0.2, -0.15) is 0 Å². The predicted molar refractivity (Wildman–Crippen MR) is 105 cm³/mol. The van der Waals surface area contributed by atoms with Crippen molar-refractivity contribution in [1.82, 2.24) is 10.1 Å². The molecule has 0 bridgehead atoms. The van der Waals surface area contributed by atoms with E-state index in [1.807, 2.05) is 57.7 Å². The van der Waals surface area contributed by atoms with Gasteiger partial charge in [0.05, 0.1) is 23.4 Å². The summed E-state index contributed by atoms with van der Waals surface area (Å²) in [5, 5.41) is 3.98. The molecular weight excluding hydrogens is 342 g/mol. The van der Waals surface area contributed by atoms with Gasteiger partial charge in [0.15, 0.2) is 0 Å². The summed E-state index contributed by atoms with van der Waals surface area (Å²) < 4.78 is 11.2. The Bertz CT molecular complexity index is 772. The number of carbonyl (C=O) groups excluding carboxylic acids is 1. The summed E-state index contributed by atoms with van der Waals surface area (Å²) in [6.07, 6.45) is 0.130. The van der Waals surface area contributed by atoms with Gasteiger partial charge < -0.3 is 19.1 Å². The number of anilines is 1. The third-order valence-electron chi connectivity index (χ3n) is 5.05. The highest BCUT2D eigenvalue weighted by molar-refractivity contribution is 5.84. The molecule has 0 unspecified atom stereocenters. The van der Waals surface area contributed by atoms with Crippen LogP contribution < -0.4 is 9.64 Å². The zero-order chi connectivity index (χ0) is 19.6. The van der Waals surface area contributed by atoms with Crippen LogP contribution in [0.3, 0.4) is 0 Å². The van der Waals surface area contributed by atoms with E-state index in [0.29, 0.717) is 13.1 Å². The van der Waals surface area contributed by atoms with Crippen LogP contribution >= 0.6 is 0 Å². The van der Waals surface area contributed by atoms with Crippen molar-refractivity contribution in [2.24, 2.45) is 0 Å². The third kappa shape index (κ3) is 4.10. The van der Waals surface area contributed by atoms with E-state index in [1.165, 1.54) is 0 Å². The molecule has 0 saturated carbocycles. The molecule has 6 heteroatoms. The number of hydrogen-bond acceptors (Lipinski definition) is 5. The summed E-state index contributed by atoms with van der Waals surface area (Å²) in [4.78, 5) is 17.2. The summed E-state index contributed by atoms with van der Waals surface area (Å²) >= 11 is 0. The molecule has 0 radical (unpaired) electrons. The number of rotatable bonds is 5. The van der Waals surface area contributed by atoms with Crippen molar-refractivity contribution < 1.29 is 14.1 Å². The van der Waals surface area contributed by atoms with Crippen LogP contribution in [-0.2, 0) is 4.79 Å². The average Bonchev–Trinajstić information content (AvgIpc) is 2.99. The minimum absolute atomic E-state index is 0.130. The first-order valence-electron chi connectivity index (χ1n) is 9.60. The Morgan fingerprint density at radius 1 is 1.11 bits per heavy atom. The molecule has 1 aliphatic heterocycles. The molecule has 2 aromatic rings. The van der Waals surface area contributed by atoms with E-state index in [-0.39, 0.29) is 17.9 Å². The fourth-order valence-corrected chi connectivity index (χ4v) is 3.75. The number of aryl methyl sites for hydroxylation is 2. The lowest BCUT2D eigenvalue weighted by Crippen LogP contribution is -2.50. The lowest BCUT2D eigenvalue weighted by molar-refractivity contribution is -0.132. The molecule has 3 rings (SSSR count). The normalized spacial score (nSPS) is 15.9. The SMILES string of the molecule is Cc1noc(C)c1[C@H](C)C(=O)N1CCN(c2ccccc2OC(C)C)CC1. The van der Waals surface area contributed by atoms with Gasteiger partial charge in [0.25, 0.3) is 0 Å². The molecule has 0 aliphatic carbocycles. The molecule has 0 N–H and O–H groups in total. The number of aromatic nitrogens is 1. The first-order chi connectivity index (χ1) is 12.9. The monoisotopic (exact) mass is 371 g/mol. The molecular formula is C21H29N3O3. The average molecular weight is 371 g/mol. The van der Waals surface area contributed by atoms with Crippen molar-refractivity contribution in [1.29, 1.82) is 0 Å². The standard InChI is InChI=1S/C21H29N3O3/c1-14(2)26-19-9-7-6-8-18(19)23-10-12-24(13-11-23)21(25)15(3)20-16(4)22-27-17(20)5/h6-9,14-15H,10-13H2,1-5H3/t15-/m0/s1. The number of para-hydroxylation sites is 2. The quantitative estimate of drug-likeness (QED) is 0.805. The minimum atomic E-state index is -0.237. The van der Waals surface area contributed by atoms with Gasteiger partial charge in [-0.05, 0) is 46.8 Å². The molecule has 2 heterocycles. The second kappa shape index (κ2) is 8.03. The van der Waals surface area contributed by atoms with Crippen LogP contribution in [-0.4, -0.2) is 48.2 Å². The minimum Gasteiger partial charge on any atom is -0.489 e.